The largest absolute Gasteiger partial charge is 0.332 e. The van der Waals surface area contributed by atoms with E-state index in [-0.39, 0.29) is 12.5 Å². The number of urea groups is 1. The lowest BCUT2D eigenvalue weighted by Crippen LogP contribution is -2.44. The molecule has 3 aromatic rings. The minimum absolute atomic E-state index is 0.301. The first-order valence-electron chi connectivity index (χ1n) is 10.6. The molecule has 3 aromatic carbocycles. The Bertz CT molecular complexity index is 1130. The fraction of sp³-hybridized carbons (Fsp3) is 0.192. The van der Waals surface area contributed by atoms with Gasteiger partial charge in [0.1, 0.15) is 12.1 Å². The summed E-state index contributed by atoms with van der Waals surface area (Å²) in [5.41, 5.74) is 1.36. The first kappa shape index (κ1) is 22.7. The highest BCUT2D eigenvalue weighted by Crippen LogP contribution is 2.30. The third kappa shape index (κ3) is 4.98. The number of imide groups is 1. The van der Waals surface area contributed by atoms with Crippen molar-refractivity contribution in [3.8, 4) is 0 Å². The first-order valence-corrected chi connectivity index (χ1v) is 11.4. The highest BCUT2D eigenvalue weighted by molar-refractivity contribution is 9.10. The lowest BCUT2D eigenvalue weighted by atomic mass is 9.92. The van der Waals surface area contributed by atoms with Gasteiger partial charge in [0.25, 0.3) is 5.91 Å². The molecule has 1 N–H and O–H groups in total. The molecule has 0 aromatic heterocycles. The molecule has 168 valence electrons. The minimum atomic E-state index is -1.23. The summed E-state index contributed by atoms with van der Waals surface area (Å²) >= 11 is 3.41. The van der Waals surface area contributed by atoms with Gasteiger partial charge in [-0.25, -0.2) is 4.79 Å². The van der Waals surface area contributed by atoms with Gasteiger partial charge >= 0.3 is 6.03 Å². The first-order chi connectivity index (χ1) is 15.9. The molecule has 6 nitrogen and oxygen atoms in total. The van der Waals surface area contributed by atoms with Gasteiger partial charge < -0.3 is 10.2 Å². The van der Waals surface area contributed by atoms with E-state index in [0.717, 1.165) is 20.5 Å². The van der Waals surface area contributed by atoms with E-state index < -0.39 is 17.5 Å². The number of hydrogen-bond donors (Lipinski definition) is 1. The van der Waals surface area contributed by atoms with E-state index in [4.69, 9.17) is 0 Å². The van der Waals surface area contributed by atoms with E-state index in [1.807, 2.05) is 66.7 Å². The zero-order chi connectivity index (χ0) is 23.4. The van der Waals surface area contributed by atoms with Gasteiger partial charge in [0.2, 0.25) is 5.91 Å². The summed E-state index contributed by atoms with van der Waals surface area (Å²) in [7, 11) is 0. The number of benzene rings is 3. The highest BCUT2D eigenvalue weighted by atomic mass is 79.9. The molecule has 0 saturated carbocycles. The van der Waals surface area contributed by atoms with Crippen LogP contribution in [0.25, 0.3) is 0 Å². The maximum absolute atomic E-state index is 13.3. The number of rotatable bonds is 7. The topological polar surface area (TPSA) is 69.7 Å². The van der Waals surface area contributed by atoms with Gasteiger partial charge in [-0.1, -0.05) is 88.7 Å². The van der Waals surface area contributed by atoms with E-state index in [0.29, 0.717) is 18.7 Å². The van der Waals surface area contributed by atoms with Crippen LogP contribution in [0.4, 0.5) is 4.79 Å². The zero-order valence-electron chi connectivity index (χ0n) is 18.2. The van der Waals surface area contributed by atoms with Crippen molar-refractivity contribution < 1.29 is 14.4 Å². The Balaban J connectivity index is 1.55. The molecule has 4 amide bonds. The average molecular weight is 506 g/mol. The lowest BCUT2D eigenvalue weighted by Gasteiger charge is -2.26. The molecular weight excluding hydrogens is 482 g/mol. The summed E-state index contributed by atoms with van der Waals surface area (Å²) < 4.78 is 0.801. The molecule has 1 fully saturated rings. The quantitative estimate of drug-likeness (QED) is 0.482. The van der Waals surface area contributed by atoms with Crippen LogP contribution in [0.3, 0.4) is 0 Å². The van der Waals surface area contributed by atoms with Crippen LogP contribution < -0.4 is 5.32 Å². The van der Waals surface area contributed by atoms with Crippen LogP contribution in [0, 0.1) is 0 Å². The van der Waals surface area contributed by atoms with Crippen LogP contribution in [-0.4, -0.2) is 34.2 Å². The van der Waals surface area contributed by atoms with Crippen molar-refractivity contribution in [3.05, 3.63) is 106 Å². The fourth-order valence-corrected chi connectivity index (χ4v) is 4.31. The third-order valence-corrected chi connectivity index (χ3v) is 6.25. The second-order valence-electron chi connectivity index (χ2n) is 8.18. The molecule has 1 aliphatic rings. The lowest BCUT2D eigenvalue weighted by molar-refractivity contribution is -0.139. The van der Waals surface area contributed by atoms with Crippen molar-refractivity contribution in [1.29, 1.82) is 0 Å². The highest BCUT2D eigenvalue weighted by Gasteiger charge is 2.49. The van der Waals surface area contributed by atoms with Gasteiger partial charge in [-0.15, -0.1) is 0 Å². The SMILES string of the molecule is CC1(c2cccc(Br)c2)NC(=O)N(CC(=O)N(Cc2ccccc2)Cc2ccccc2)C1=O. The van der Waals surface area contributed by atoms with Crippen LogP contribution in [0.2, 0.25) is 0 Å². The van der Waals surface area contributed by atoms with E-state index in [2.05, 4.69) is 21.2 Å². The van der Waals surface area contributed by atoms with Gasteiger partial charge in [-0.2, -0.15) is 0 Å². The van der Waals surface area contributed by atoms with Crippen molar-refractivity contribution in [3.63, 3.8) is 0 Å². The van der Waals surface area contributed by atoms with Crippen LogP contribution in [0.5, 0.6) is 0 Å². The summed E-state index contributed by atoms with van der Waals surface area (Å²) in [6.07, 6.45) is 0. The second-order valence-corrected chi connectivity index (χ2v) is 9.09. The molecule has 0 aliphatic carbocycles. The molecule has 7 heteroatoms. The Morgan fingerprint density at radius 1 is 0.909 bits per heavy atom. The van der Waals surface area contributed by atoms with Crippen molar-refractivity contribution >= 4 is 33.8 Å². The monoisotopic (exact) mass is 505 g/mol. The molecule has 0 bridgehead atoms. The smallest absolute Gasteiger partial charge is 0.325 e. The molecule has 0 radical (unpaired) electrons. The van der Waals surface area contributed by atoms with E-state index in [1.165, 1.54) is 0 Å². The van der Waals surface area contributed by atoms with Crippen LogP contribution in [-0.2, 0) is 28.2 Å². The summed E-state index contributed by atoms with van der Waals surface area (Å²) in [6.45, 7) is 2.08. The minimum Gasteiger partial charge on any atom is -0.332 e. The van der Waals surface area contributed by atoms with Crippen molar-refractivity contribution in [2.24, 2.45) is 0 Å². The predicted molar refractivity (Wildman–Crippen MR) is 129 cm³/mol. The third-order valence-electron chi connectivity index (χ3n) is 5.76. The molecule has 1 heterocycles. The van der Waals surface area contributed by atoms with Crippen LogP contribution in [0.15, 0.2) is 89.4 Å². The molecule has 33 heavy (non-hydrogen) atoms. The van der Waals surface area contributed by atoms with Crippen LogP contribution >= 0.6 is 15.9 Å². The number of carbonyl (C=O) groups is 3. The van der Waals surface area contributed by atoms with Gasteiger partial charge in [0.05, 0.1) is 0 Å². The summed E-state index contributed by atoms with van der Waals surface area (Å²) in [4.78, 5) is 42.0. The Hall–Kier alpha value is -3.45. The van der Waals surface area contributed by atoms with Crippen molar-refractivity contribution in [2.45, 2.75) is 25.6 Å². The standard InChI is InChI=1S/C26H24BrN3O3/c1-26(21-13-8-14-22(27)15-21)24(32)30(25(33)28-26)18-23(31)29(16-19-9-4-2-5-10-19)17-20-11-6-3-7-12-20/h2-15H,16-18H2,1H3,(H,28,33). The Morgan fingerprint density at radius 3 is 2.03 bits per heavy atom. The van der Waals surface area contributed by atoms with E-state index >= 15 is 0 Å². The maximum atomic E-state index is 13.3. The summed E-state index contributed by atoms with van der Waals surface area (Å²) in [6, 6.07) is 26.0. The fourth-order valence-electron chi connectivity index (χ4n) is 3.91. The molecule has 1 atom stereocenters. The van der Waals surface area contributed by atoms with Crippen molar-refractivity contribution in [2.75, 3.05) is 6.54 Å². The maximum Gasteiger partial charge on any atom is 0.325 e. The number of hydrogen-bond acceptors (Lipinski definition) is 3. The molecule has 1 saturated heterocycles. The number of nitrogens with zero attached hydrogens (tertiary/aromatic N) is 2. The zero-order valence-corrected chi connectivity index (χ0v) is 19.8. The van der Waals surface area contributed by atoms with E-state index in [1.54, 1.807) is 30.0 Å². The molecular formula is C26H24BrN3O3. The second kappa shape index (κ2) is 9.58. The summed E-state index contributed by atoms with van der Waals surface area (Å²) in [5, 5.41) is 2.76. The number of halogens is 1. The van der Waals surface area contributed by atoms with Gasteiger partial charge in [0.15, 0.2) is 0 Å². The summed E-state index contributed by atoms with van der Waals surface area (Å²) in [5.74, 6) is -0.747. The molecule has 4 rings (SSSR count). The van der Waals surface area contributed by atoms with Gasteiger partial charge in [0, 0.05) is 17.6 Å². The Kier molecular flexibility index (Phi) is 6.60. The Labute approximate surface area is 201 Å². The number of nitrogens with one attached hydrogen (secondary N) is 1. The predicted octanol–water partition coefficient (Wildman–Crippen LogP) is 4.45. The average Bonchev–Trinajstić information content (AvgIpc) is 3.04. The van der Waals surface area contributed by atoms with Crippen molar-refractivity contribution in [1.82, 2.24) is 15.1 Å². The molecule has 0 spiro atoms. The molecule has 1 aliphatic heterocycles. The normalized spacial score (nSPS) is 17.7. The number of carbonyl (C=O) groups excluding carboxylic acids is 3. The van der Waals surface area contributed by atoms with E-state index in [9.17, 15) is 14.4 Å². The van der Waals surface area contributed by atoms with Gasteiger partial charge in [-0.3, -0.25) is 14.5 Å². The van der Waals surface area contributed by atoms with Crippen LogP contribution in [0.1, 0.15) is 23.6 Å². The number of amides is 4. The molecule has 1 unspecified atom stereocenters. The van der Waals surface area contributed by atoms with Gasteiger partial charge in [-0.05, 0) is 35.7 Å². The Morgan fingerprint density at radius 2 is 1.48 bits per heavy atom.